The first-order valence-corrected chi connectivity index (χ1v) is 7.32. The fourth-order valence-electron chi connectivity index (χ4n) is 1.35. The molecule has 1 unspecified atom stereocenters. The molecule has 1 atom stereocenters. The minimum Gasteiger partial charge on any atom is -0.316 e. The van der Waals surface area contributed by atoms with E-state index in [2.05, 4.69) is 19.2 Å². The maximum Gasteiger partial charge on any atom is 0.0375 e. The topological polar surface area (TPSA) is 29.1 Å². The van der Waals surface area contributed by atoms with Crippen LogP contribution in [0.25, 0.3) is 0 Å². The Kier molecular flexibility index (Phi) is 7.45. The summed E-state index contributed by atoms with van der Waals surface area (Å²) in [7, 11) is -0.718. The average Bonchev–Trinajstić information content (AvgIpc) is 2.16. The van der Waals surface area contributed by atoms with Crippen LogP contribution in [-0.4, -0.2) is 27.8 Å². The first-order valence-electron chi connectivity index (χ1n) is 6.01. The van der Waals surface area contributed by atoms with Gasteiger partial charge in [-0.05, 0) is 33.2 Å². The van der Waals surface area contributed by atoms with Gasteiger partial charge in [0.1, 0.15) is 0 Å². The van der Waals surface area contributed by atoms with Gasteiger partial charge in [-0.2, -0.15) is 0 Å². The van der Waals surface area contributed by atoms with Crippen molar-refractivity contribution in [3.05, 3.63) is 0 Å². The fraction of sp³-hybridized carbons (Fsp3) is 1.00. The Morgan fingerprint density at radius 3 is 2.13 bits per heavy atom. The van der Waals surface area contributed by atoms with Crippen LogP contribution in [0.4, 0.5) is 0 Å². The van der Waals surface area contributed by atoms with Crippen molar-refractivity contribution in [3.8, 4) is 0 Å². The van der Waals surface area contributed by atoms with E-state index in [0.717, 1.165) is 24.8 Å². The molecule has 0 heterocycles. The number of nitrogens with one attached hydrogen (secondary N) is 1. The Bertz CT molecular complexity index is 183. The van der Waals surface area contributed by atoms with Crippen LogP contribution in [0, 0.1) is 5.92 Å². The quantitative estimate of drug-likeness (QED) is 0.685. The van der Waals surface area contributed by atoms with E-state index in [0.29, 0.717) is 0 Å². The highest BCUT2D eigenvalue weighted by Gasteiger charge is 2.18. The average molecular weight is 233 g/mol. The van der Waals surface area contributed by atoms with Crippen molar-refractivity contribution in [2.45, 2.75) is 52.2 Å². The molecule has 0 rings (SSSR count). The van der Waals surface area contributed by atoms with Crippen LogP contribution < -0.4 is 5.32 Å². The van der Waals surface area contributed by atoms with Gasteiger partial charge in [-0.3, -0.25) is 4.21 Å². The highest BCUT2D eigenvalue weighted by molar-refractivity contribution is 7.86. The zero-order valence-electron chi connectivity index (χ0n) is 10.9. The van der Waals surface area contributed by atoms with Gasteiger partial charge in [0.2, 0.25) is 0 Å². The Hall–Kier alpha value is 0.110. The van der Waals surface area contributed by atoms with Crippen LogP contribution in [0.15, 0.2) is 0 Å². The van der Waals surface area contributed by atoms with E-state index in [-0.39, 0.29) is 4.75 Å². The molecule has 2 nitrogen and oxygen atoms in total. The Labute approximate surface area is 97.7 Å². The second-order valence-corrected chi connectivity index (χ2v) is 7.37. The second-order valence-electron chi connectivity index (χ2n) is 5.05. The van der Waals surface area contributed by atoms with Gasteiger partial charge >= 0.3 is 0 Å². The molecule has 0 saturated carbocycles. The van der Waals surface area contributed by atoms with Gasteiger partial charge in [-0.15, -0.1) is 0 Å². The number of rotatable bonds is 7. The summed E-state index contributed by atoms with van der Waals surface area (Å²) in [4.78, 5) is 0. The molecule has 0 aromatic carbocycles. The maximum atomic E-state index is 11.7. The molecule has 0 bridgehead atoms. The monoisotopic (exact) mass is 233 g/mol. The SMILES string of the molecule is CCC(CC)CNCCS(=O)C(C)(C)C. The largest absolute Gasteiger partial charge is 0.316 e. The first kappa shape index (κ1) is 15.1. The standard InChI is InChI=1S/C12H27NOS/c1-6-11(7-2)10-13-8-9-15(14)12(3,4)5/h11,13H,6-10H2,1-5H3. The third-order valence-corrected chi connectivity index (χ3v) is 4.68. The Morgan fingerprint density at radius 1 is 1.20 bits per heavy atom. The molecule has 0 aliphatic heterocycles. The van der Waals surface area contributed by atoms with Crippen LogP contribution in [0.5, 0.6) is 0 Å². The van der Waals surface area contributed by atoms with Crippen LogP contribution in [-0.2, 0) is 10.8 Å². The van der Waals surface area contributed by atoms with Crippen LogP contribution in [0.2, 0.25) is 0 Å². The zero-order chi connectivity index (χ0) is 11.9. The molecular weight excluding hydrogens is 206 g/mol. The van der Waals surface area contributed by atoms with E-state index < -0.39 is 10.8 Å². The molecule has 0 aromatic heterocycles. The van der Waals surface area contributed by atoms with E-state index in [1.165, 1.54) is 12.8 Å². The number of hydrogen-bond acceptors (Lipinski definition) is 2. The summed E-state index contributed by atoms with van der Waals surface area (Å²) < 4.78 is 11.6. The van der Waals surface area contributed by atoms with Gasteiger partial charge in [0.05, 0.1) is 0 Å². The van der Waals surface area contributed by atoms with Gasteiger partial charge in [-0.25, -0.2) is 0 Å². The van der Waals surface area contributed by atoms with Gasteiger partial charge < -0.3 is 5.32 Å². The molecule has 1 N–H and O–H groups in total. The molecule has 0 aliphatic carbocycles. The van der Waals surface area contributed by atoms with E-state index >= 15 is 0 Å². The Balaban J connectivity index is 3.59. The van der Waals surface area contributed by atoms with Crippen molar-refractivity contribution in [3.63, 3.8) is 0 Å². The molecule has 92 valence electrons. The van der Waals surface area contributed by atoms with Crippen molar-refractivity contribution < 1.29 is 4.21 Å². The minimum atomic E-state index is -0.718. The maximum absolute atomic E-state index is 11.7. The van der Waals surface area contributed by atoms with Gasteiger partial charge in [0, 0.05) is 27.8 Å². The van der Waals surface area contributed by atoms with Crippen molar-refractivity contribution in [1.29, 1.82) is 0 Å². The molecule has 0 fully saturated rings. The van der Waals surface area contributed by atoms with Gasteiger partial charge in [0.15, 0.2) is 0 Å². The summed E-state index contributed by atoms with van der Waals surface area (Å²) in [6, 6.07) is 0. The molecule has 3 heteroatoms. The highest BCUT2D eigenvalue weighted by atomic mass is 32.2. The first-order chi connectivity index (χ1) is 6.91. The molecule has 15 heavy (non-hydrogen) atoms. The van der Waals surface area contributed by atoms with Crippen LogP contribution in [0.1, 0.15) is 47.5 Å². The smallest absolute Gasteiger partial charge is 0.0375 e. The second kappa shape index (κ2) is 7.39. The van der Waals surface area contributed by atoms with Crippen molar-refractivity contribution in [2.24, 2.45) is 5.92 Å². The lowest BCUT2D eigenvalue weighted by molar-refractivity contribution is 0.457. The molecule has 0 aliphatic rings. The lowest BCUT2D eigenvalue weighted by atomic mass is 10.0. The van der Waals surface area contributed by atoms with Gasteiger partial charge in [0.25, 0.3) is 0 Å². The zero-order valence-corrected chi connectivity index (χ0v) is 11.7. The highest BCUT2D eigenvalue weighted by Crippen LogP contribution is 2.10. The summed E-state index contributed by atoms with van der Waals surface area (Å²) in [5, 5.41) is 3.40. The van der Waals surface area contributed by atoms with E-state index in [1.807, 2.05) is 20.8 Å². The lowest BCUT2D eigenvalue weighted by Gasteiger charge is -2.18. The lowest BCUT2D eigenvalue weighted by Crippen LogP contribution is -2.31. The molecular formula is C12H27NOS. The molecule has 0 saturated heterocycles. The van der Waals surface area contributed by atoms with Crippen molar-refractivity contribution >= 4 is 10.8 Å². The molecule has 0 radical (unpaired) electrons. The predicted octanol–water partition coefficient (Wildman–Crippen LogP) is 2.56. The van der Waals surface area contributed by atoms with E-state index in [1.54, 1.807) is 0 Å². The summed E-state index contributed by atoms with van der Waals surface area (Å²) in [6.07, 6.45) is 2.46. The summed E-state index contributed by atoms with van der Waals surface area (Å²) in [5.41, 5.74) is 0. The Morgan fingerprint density at radius 2 is 1.73 bits per heavy atom. The normalized spacial score (nSPS) is 14.5. The summed E-state index contributed by atoms with van der Waals surface area (Å²) in [5.74, 6) is 1.54. The predicted molar refractivity (Wildman–Crippen MR) is 69.7 cm³/mol. The summed E-state index contributed by atoms with van der Waals surface area (Å²) >= 11 is 0. The van der Waals surface area contributed by atoms with Crippen LogP contribution >= 0.6 is 0 Å². The van der Waals surface area contributed by atoms with Crippen molar-refractivity contribution in [1.82, 2.24) is 5.32 Å². The summed E-state index contributed by atoms with van der Waals surface area (Å²) in [6.45, 7) is 12.5. The molecule has 0 amide bonds. The third-order valence-electron chi connectivity index (χ3n) is 2.73. The van der Waals surface area contributed by atoms with Gasteiger partial charge in [-0.1, -0.05) is 26.7 Å². The molecule has 0 spiro atoms. The van der Waals surface area contributed by atoms with E-state index in [4.69, 9.17) is 0 Å². The minimum absolute atomic E-state index is 0.0728. The van der Waals surface area contributed by atoms with Crippen LogP contribution in [0.3, 0.4) is 0 Å². The molecule has 0 aromatic rings. The number of hydrogen-bond donors (Lipinski definition) is 1. The van der Waals surface area contributed by atoms with Crippen molar-refractivity contribution in [2.75, 3.05) is 18.8 Å². The fourth-order valence-corrected chi connectivity index (χ4v) is 2.30. The van der Waals surface area contributed by atoms with E-state index in [9.17, 15) is 4.21 Å². The third kappa shape index (κ3) is 7.07.